The molecule has 0 N–H and O–H groups in total. The normalized spacial score (nSPS) is 12.0. The van der Waals surface area contributed by atoms with Gasteiger partial charge in [0.05, 0.1) is 11.0 Å². The smallest absolute Gasteiger partial charge is 0.137 e. The monoisotopic (exact) mass is 562 g/mol. The molecule has 0 aliphatic heterocycles. The van der Waals surface area contributed by atoms with Crippen LogP contribution in [-0.4, -0.2) is 9.55 Å². The molecule has 44 heavy (non-hydrogen) atoms. The van der Waals surface area contributed by atoms with E-state index >= 15 is 0 Å². The zero-order valence-electron chi connectivity index (χ0n) is 25.0. The zero-order valence-corrected chi connectivity index (χ0v) is 25.0. The molecule has 2 nitrogen and oxygen atoms in total. The van der Waals surface area contributed by atoms with Crippen LogP contribution in [-0.2, 0) is 0 Å². The lowest BCUT2D eigenvalue weighted by molar-refractivity contribution is 1.08. The molecule has 0 bridgehead atoms. The van der Waals surface area contributed by atoms with Crippen molar-refractivity contribution in [3.63, 3.8) is 0 Å². The zero-order chi connectivity index (χ0) is 29.5. The van der Waals surface area contributed by atoms with Gasteiger partial charge in [-0.05, 0) is 106 Å². The van der Waals surface area contributed by atoms with Crippen molar-refractivity contribution in [1.82, 2.24) is 9.55 Å². The third-order valence-corrected chi connectivity index (χ3v) is 9.39. The molecule has 0 radical (unpaired) electrons. The van der Waals surface area contributed by atoms with Crippen molar-refractivity contribution >= 4 is 54.1 Å². The summed E-state index contributed by atoms with van der Waals surface area (Å²) in [5.41, 5.74) is 11.0. The largest absolute Gasteiger partial charge is 0.294 e. The van der Waals surface area contributed by atoms with Crippen molar-refractivity contribution in [2.24, 2.45) is 0 Å². The maximum absolute atomic E-state index is 5.08. The Hall–Kier alpha value is -5.47. The third kappa shape index (κ3) is 3.64. The van der Waals surface area contributed by atoms with Gasteiger partial charge >= 0.3 is 0 Å². The van der Waals surface area contributed by atoms with Gasteiger partial charge in [-0.2, -0.15) is 0 Å². The standard InChI is InChI=1S/C42H30N2/c1-25-4-8-28(9-5-25)32-15-10-29-13-18-35-33(16-11-30-12-17-34(32)41(29)42(30)35)31-14-21-40(43-24-31)44-38-19-6-26(2)22-36(38)37-23-27(3)7-20-39(37)44/h4-24H,1-3H3. The molecule has 2 aromatic heterocycles. The second-order valence-electron chi connectivity index (χ2n) is 12.3. The summed E-state index contributed by atoms with van der Waals surface area (Å²) in [6, 6.07) is 44.9. The van der Waals surface area contributed by atoms with Crippen molar-refractivity contribution < 1.29 is 0 Å². The number of hydrogen-bond donors (Lipinski definition) is 0. The highest BCUT2D eigenvalue weighted by atomic mass is 15.1. The molecule has 0 saturated heterocycles. The Labute approximate surface area is 256 Å². The SMILES string of the molecule is Cc1ccc(-c2ccc3ccc4c(-c5ccc(-n6c7ccc(C)cc7c7cc(C)ccc76)nc5)ccc5ccc2c3c54)cc1. The van der Waals surface area contributed by atoms with Gasteiger partial charge in [0.15, 0.2) is 0 Å². The van der Waals surface area contributed by atoms with E-state index in [1.54, 1.807) is 0 Å². The first kappa shape index (κ1) is 25.1. The van der Waals surface area contributed by atoms with E-state index in [1.165, 1.54) is 87.5 Å². The van der Waals surface area contributed by atoms with E-state index in [2.05, 4.69) is 147 Å². The molecule has 9 aromatic rings. The molecule has 0 fully saturated rings. The first-order valence-electron chi connectivity index (χ1n) is 15.3. The number of aryl methyl sites for hydroxylation is 3. The molecule has 0 atom stereocenters. The summed E-state index contributed by atoms with van der Waals surface area (Å²) in [6.07, 6.45) is 2.04. The van der Waals surface area contributed by atoms with Gasteiger partial charge < -0.3 is 0 Å². The molecular formula is C42H30N2. The molecule has 0 spiro atoms. The number of nitrogens with zero attached hydrogens (tertiary/aromatic N) is 2. The van der Waals surface area contributed by atoms with Crippen LogP contribution in [0.4, 0.5) is 0 Å². The Bertz CT molecular complexity index is 2490. The first-order chi connectivity index (χ1) is 21.5. The average Bonchev–Trinajstić information content (AvgIpc) is 3.36. The predicted octanol–water partition coefficient (Wildman–Crippen LogP) is 11.3. The lowest BCUT2D eigenvalue weighted by Gasteiger charge is -2.16. The minimum atomic E-state index is 0.932. The van der Waals surface area contributed by atoms with E-state index < -0.39 is 0 Å². The summed E-state index contributed by atoms with van der Waals surface area (Å²) in [5.74, 6) is 0.932. The van der Waals surface area contributed by atoms with Gasteiger partial charge in [0.1, 0.15) is 5.82 Å². The molecule has 2 heterocycles. The third-order valence-electron chi connectivity index (χ3n) is 9.39. The van der Waals surface area contributed by atoms with Crippen LogP contribution in [0.3, 0.4) is 0 Å². The fourth-order valence-corrected chi connectivity index (χ4v) is 7.21. The van der Waals surface area contributed by atoms with Crippen LogP contribution in [0, 0.1) is 20.8 Å². The summed E-state index contributed by atoms with van der Waals surface area (Å²) in [7, 11) is 0. The molecule has 7 aromatic carbocycles. The van der Waals surface area contributed by atoms with Crippen LogP contribution >= 0.6 is 0 Å². The quantitative estimate of drug-likeness (QED) is 0.196. The summed E-state index contributed by atoms with van der Waals surface area (Å²) in [4.78, 5) is 5.08. The number of pyridine rings is 1. The lowest BCUT2D eigenvalue weighted by Crippen LogP contribution is -1.97. The second kappa shape index (κ2) is 9.26. The van der Waals surface area contributed by atoms with Crippen LogP contribution in [0.15, 0.2) is 128 Å². The second-order valence-corrected chi connectivity index (χ2v) is 12.3. The van der Waals surface area contributed by atoms with Crippen molar-refractivity contribution in [1.29, 1.82) is 0 Å². The first-order valence-corrected chi connectivity index (χ1v) is 15.3. The van der Waals surface area contributed by atoms with Crippen molar-refractivity contribution in [2.45, 2.75) is 20.8 Å². The molecule has 0 aliphatic rings. The van der Waals surface area contributed by atoms with Crippen LogP contribution < -0.4 is 0 Å². The molecule has 0 unspecified atom stereocenters. The van der Waals surface area contributed by atoms with E-state index in [0.717, 1.165) is 11.4 Å². The Balaban J connectivity index is 1.22. The molecule has 0 amide bonds. The highest BCUT2D eigenvalue weighted by molar-refractivity contribution is 6.27. The van der Waals surface area contributed by atoms with Gasteiger partial charge in [0.2, 0.25) is 0 Å². The lowest BCUT2D eigenvalue weighted by atomic mass is 9.87. The van der Waals surface area contributed by atoms with Gasteiger partial charge in [-0.15, -0.1) is 0 Å². The van der Waals surface area contributed by atoms with E-state index in [9.17, 15) is 0 Å². The van der Waals surface area contributed by atoms with Crippen molar-refractivity contribution in [3.8, 4) is 28.1 Å². The summed E-state index contributed by atoms with van der Waals surface area (Å²) >= 11 is 0. The van der Waals surface area contributed by atoms with E-state index in [-0.39, 0.29) is 0 Å². The number of benzene rings is 7. The summed E-state index contributed by atoms with van der Waals surface area (Å²) in [6.45, 7) is 6.46. The fraction of sp³-hybridized carbons (Fsp3) is 0.0714. The molecule has 208 valence electrons. The Morgan fingerprint density at radius 2 is 0.932 bits per heavy atom. The summed E-state index contributed by atoms with van der Waals surface area (Å²) in [5, 5.41) is 10.3. The van der Waals surface area contributed by atoms with Crippen LogP contribution in [0.1, 0.15) is 16.7 Å². The average molecular weight is 563 g/mol. The van der Waals surface area contributed by atoms with E-state index in [4.69, 9.17) is 4.98 Å². The summed E-state index contributed by atoms with van der Waals surface area (Å²) < 4.78 is 2.30. The van der Waals surface area contributed by atoms with Crippen LogP contribution in [0.5, 0.6) is 0 Å². The van der Waals surface area contributed by atoms with Crippen molar-refractivity contribution in [2.75, 3.05) is 0 Å². The fourth-order valence-electron chi connectivity index (χ4n) is 7.21. The highest BCUT2D eigenvalue weighted by Gasteiger charge is 2.17. The number of aromatic nitrogens is 2. The molecular weight excluding hydrogens is 532 g/mol. The van der Waals surface area contributed by atoms with Crippen LogP contribution in [0.25, 0.3) is 82.2 Å². The number of rotatable bonds is 3. The Kier molecular flexibility index (Phi) is 5.28. The number of fused-ring (bicyclic) bond motifs is 3. The topological polar surface area (TPSA) is 17.8 Å². The van der Waals surface area contributed by atoms with E-state index in [0.29, 0.717) is 0 Å². The predicted molar refractivity (Wildman–Crippen MR) is 187 cm³/mol. The molecule has 0 saturated carbocycles. The maximum atomic E-state index is 5.08. The minimum Gasteiger partial charge on any atom is -0.294 e. The van der Waals surface area contributed by atoms with Crippen LogP contribution in [0.2, 0.25) is 0 Å². The number of hydrogen-bond acceptors (Lipinski definition) is 1. The Morgan fingerprint density at radius 3 is 1.48 bits per heavy atom. The van der Waals surface area contributed by atoms with Gasteiger partial charge in [0.25, 0.3) is 0 Å². The molecule has 2 heteroatoms. The molecule has 9 rings (SSSR count). The molecule has 0 aliphatic carbocycles. The van der Waals surface area contributed by atoms with Gasteiger partial charge in [-0.3, -0.25) is 4.57 Å². The minimum absolute atomic E-state index is 0.932. The van der Waals surface area contributed by atoms with Gasteiger partial charge in [-0.1, -0.05) is 102 Å². The van der Waals surface area contributed by atoms with E-state index in [1.807, 2.05) is 6.20 Å². The Morgan fingerprint density at radius 1 is 0.432 bits per heavy atom. The maximum Gasteiger partial charge on any atom is 0.137 e. The van der Waals surface area contributed by atoms with Crippen molar-refractivity contribution in [3.05, 3.63) is 144 Å². The van der Waals surface area contributed by atoms with Gasteiger partial charge in [-0.25, -0.2) is 4.98 Å². The highest BCUT2D eigenvalue weighted by Crippen LogP contribution is 2.42. The van der Waals surface area contributed by atoms with Gasteiger partial charge in [0, 0.05) is 22.5 Å².